The first-order chi connectivity index (χ1) is 16.7. The van der Waals surface area contributed by atoms with Crippen LogP contribution in [0.2, 0.25) is 0 Å². The van der Waals surface area contributed by atoms with Crippen molar-refractivity contribution in [1.82, 2.24) is 15.0 Å². The van der Waals surface area contributed by atoms with Gasteiger partial charge in [-0.15, -0.1) is 0 Å². The first kappa shape index (κ1) is 22.8. The Bertz CT molecular complexity index is 1080. The number of pyridine rings is 1. The number of morpholine rings is 1. The molecule has 3 heterocycles. The third-order valence-corrected chi connectivity index (χ3v) is 6.51. The molecular weight excluding hydrogens is 434 g/mol. The van der Waals surface area contributed by atoms with E-state index in [1.54, 1.807) is 18.6 Å². The average molecular weight is 466 g/mol. The molecule has 1 atom stereocenters. The number of aliphatic hydroxyl groups is 1. The molecule has 9 nitrogen and oxygen atoms in total. The topological polar surface area (TPSA) is 102 Å². The third-order valence-electron chi connectivity index (χ3n) is 6.51. The fourth-order valence-corrected chi connectivity index (χ4v) is 4.61. The molecule has 1 aliphatic carbocycles. The van der Waals surface area contributed by atoms with Crippen LogP contribution in [-0.4, -0.2) is 65.6 Å². The lowest BCUT2D eigenvalue weighted by molar-refractivity contribution is -0.0771. The molecule has 9 heteroatoms. The summed E-state index contributed by atoms with van der Waals surface area (Å²) in [5.41, 5.74) is 3.40. The molecule has 2 aliphatic rings. The molecule has 0 bridgehead atoms. The van der Waals surface area contributed by atoms with Crippen molar-refractivity contribution < 1.29 is 19.3 Å². The summed E-state index contributed by atoms with van der Waals surface area (Å²) in [6.45, 7) is 3.19. The predicted molar refractivity (Wildman–Crippen MR) is 129 cm³/mol. The molecule has 0 amide bonds. The lowest BCUT2D eigenvalue weighted by Crippen LogP contribution is -2.36. The summed E-state index contributed by atoms with van der Waals surface area (Å²) in [6.07, 6.45) is 8.13. The van der Waals surface area contributed by atoms with E-state index >= 15 is 0 Å². The van der Waals surface area contributed by atoms with E-state index in [0.29, 0.717) is 11.6 Å². The number of methoxy groups -OCH3 is 1. The van der Waals surface area contributed by atoms with Gasteiger partial charge in [0.05, 0.1) is 24.8 Å². The maximum absolute atomic E-state index is 9.74. The van der Waals surface area contributed by atoms with E-state index in [1.165, 1.54) is 7.11 Å². The highest BCUT2D eigenvalue weighted by atomic mass is 16.6. The summed E-state index contributed by atoms with van der Waals surface area (Å²) in [4.78, 5) is 15.8. The normalized spacial score (nSPS) is 21.9. The molecule has 34 heavy (non-hydrogen) atoms. The number of aliphatic hydroxyl groups excluding tert-OH is 1. The summed E-state index contributed by atoms with van der Waals surface area (Å²) in [7, 11) is 1.46. The van der Waals surface area contributed by atoms with E-state index < -0.39 is 6.29 Å². The van der Waals surface area contributed by atoms with Crippen LogP contribution in [-0.2, 0) is 9.47 Å². The molecule has 1 aromatic carbocycles. The number of anilines is 2. The van der Waals surface area contributed by atoms with E-state index in [0.717, 1.165) is 80.3 Å². The van der Waals surface area contributed by atoms with Gasteiger partial charge in [0.1, 0.15) is 17.1 Å². The standard InChI is InChI=1S/C25H31N5O4/c1-32-25(31)17-2-7-23(28-16-17)29-18-3-5-20(6-4-18)34-22-15-19(30-10-12-33-13-11-30)14-21-24(22)27-9-8-26-21/h2,7-9,14-16,18,20,25,31H,3-6,10-13H2,1H3,(H,28,29)/t18-,20+,25?. The predicted octanol–water partition coefficient (Wildman–Crippen LogP) is 3.30. The molecule has 3 aromatic rings. The Morgan fingerprint density at radius 3 is 2.59 bits per heavy atom. The van der Waals surface area contributed by atoms with E-state index in [4.69, 9.17) is 14.2 Å². The maximum atomic E-state index is 9.74. The van der Waals surface area contributed by atoms with Crippen molar-refractivity contribution in [2.24, 2.45) is 0 Å². The van der Waals surface area contributed by atoms with Crippen LogP contribution in [0, 0.1) is 0 Å². The van der Waals surface area contributed by atoms with Gasteiger partial charge in [-0.05, 0) is 43.9 Å². The van der Waals surface area contributed by atoms with Crippen LogP contribution in [0.3, 0.4) is 0 Å². The van der Waals surface area contributed by atoms with Crippen LogP contribution in [0.1, 0.15) is 37.5 Å². The molecule has 2 N–H and O–H groups in total. The Morgan fingerprint density at radius 1 is 1.06 bits per heavy atom. The van der Waals surface area contributed by atoms with Crippen molar-refractivity contribution in [2.45, 2.75) is 44.1 Å². The van der Waals surface area contributed by atoms with Gasteiger partial charge in [0.25, 0.3) is 0 Å². The summed E-state index contributed by atoms with van der Waals surface area (Å²) in [5, 5.41) is 13.2. The highest BCUT2D eigenvalue weighted by Gasteiger charge is 2.24. The van der Waals surface area contributed by atoms with E-state index in [2.05, 4.69) is 37.3 Å². The maximum Gasteiger partial charge on any atom is 0.182 e. The van der Waals surface area contributed by atoms with Gasteiger partial charge in [0.2, 0.25) is 0 Å². The lowest BCUT2D eigenvalue weighted by atomic mass is 9.93. The quantitative estimate of drug-likeness (QED) is 0.509. The highest BCUT2D eigenvalue weighted by molar-refractivity contribution is 5.85. The average Bonchev–Trinajstić information content (AvgIpc) is 2.90. The fourth-order valence-electron chi connectivity index (χ4n) is 4.61. The Kier molecular flexibility index (Phi) is 7.03. The Balaban J connectivity index is 1.22. The number of hydrogen-bond donors (Lipinski definition) is 2. The first-order valence-electron chi connectivity index (χ1n) is 11.9. The molecule has 180 valence electrons. The van der Waals surface area contributed by atoms with Gasteiger partial charge in [0, 0.05) is 62.1 Å². The second kappa shape index (κ2) is 10.5. The molecule has 5 rings (SSSR count). The SMILES string of the molecule is COC(O)c1ccc(N[C@H]2CC[C@@H](Oc3cc(N4CCOCC4)cc4nccnc34)CC2)nc1. The van der Waals surface area contributed by atoms with Crippen LogP contribution in [0.15, 0.2) is 42.9 Å². The van der Waals surface area contributed by atoms with Gasteiger partial charge in [-0.2, -0.15) is 0 Å². The van der Waals surface area contributed by atoms with Gasteiger partial charge in [0.15, 0.2) is 6.29 Å². The first-order valence-corrected chi connectivity index (χ1v) is 11.9. The number of fused-ring (bicyclic) bond motifs is 1. The molecule has 1 saturated carbocycles. The Hall–Kier alpha value is -3.01. The van der Waals surface area contributed by atoms with Gasteiger partial charge in [-0.1, -0.05) is 0 Å². The van der Waals surface area contributed by atoms with Crippen LogP contribution in [0.25, 0.3) is 11.0 Å². The van der Waals surface area contributed by atoms with Crippen LogP contribution >= 0.6 is 0 Å². The van der Waals surface area contributed by atoms with Crippen molar-refractivity contribution in [1.29, 1.82) is 0 Å². The third kappa shape index (κ3) is 5.22. The number of benzene rings is 1. The van der Waals surface area contributed by atoms with E-state index in [-0.39, 0.29) is 6.10 Å². The number of ether oxygens (including phenoxy) is 3. The molecule has 2 aromatic heterocycles. The molecule has 0 spiro atoms. The van der Waals surface area contributed by atoms with Crippen molar-refractivity contribution in [3.05, 3.63) is 48.4 Å². The number of nitrogens with one attached hydrogen (secondary N) is 1. The largest absolute Gasteiger partial charge is 0.488 e. The van der Waals surface area contributed by atoms with Crippen LogP contribution in [0.4, 0.5) is 11.5 Å². The van der Waals surface area contributed by atoms with Gasteiger partial charge in [-0.3, -0.25) is 4.98 Å². The van der Waals surface area contributed by atoms with Gasteiger partial charge >= 0.3 is 0 Å². The van der Waals surface area contributed by atoms with Crippen molar-refractivity contribution in [3.8, 4) is 5.75 Å². The molecule has 1 unspecified atom stereocenters. The number of rotatable bonds is 7. The Labute approximate surface area is 199 Å². The molecule has 1 aliphatic heterocycles. The number of aromatic nitrogens is 3. The monoisotopic (exact) mass is 465 g/mol. The van der Waals surface area contributed by atoms with Gasteiger partial charge < -0.3 is 29.5 Å². The zero-order valence-corrected chi connectivity index (χ0v) is 19.4. The lowest BCUT2D eigenvalue weighted by Gasteiger charge is -2.31. The smallest absolute Gasteiger partial charge is 0.182 e. The summed E-state index contributed by atoms with van der Waals surface area (Å²) in [5.74, 6) is 1.60. The second-order valence-corrected chi connectivity index (χ2v) is 8.77. The molecule has 0 radical (unpaired) electrons. The summed E-state index contributed by atoms with van der Waals surface area (Å²) in [6, 6.07) is 8.23. The van der Waals surface area contributed by atoms with Crippen LogP contribution < -0.4 is 15.0 Å². The number of nitrogens with zero attached hydrogens (tertiary/aromatic N) is 4. The molecular formula is C25H31N5O4. The number of hydrogen-bond acceptors (Lipinski definition) is 9. The zero-order chi connectivity index (χ0) is 23.3. The zero-order valence-electron chi connectivity index (χ0n) is 19.4. The highest BCUT2D eigenvalue weighted by Crippen LogP contribution is 2.33. The summed E-state index contributed by atoms with van der Waals surface area (Å²) >= 11 is 0. The minimum atomic E-state index is -0.948. The van der Waals surface area contributed by atoms with Crippen molar-refractivity contribution >= 4 is 22.5 Å². The molecule has 1 saturated heterocycles. The van der Waals surface area contributed by atoms with Crippen molar-refractivity contribution in [3.63, 3.8) is 0 Å². The van der Waals surface area contributed by atoms with Gasteiger partial charge in [-0.25, -0.2) is 9.97 Å². The fraction of sp³-hybridized carbons (Fsp3) is 0.480. The molecule has 2 fully saturated rings. The Morgan fingerprint density at radius 2 is 1.85 bits per heavy atom. The van der Waals surface area contributed by atoms with E-state index in [1.807, 2.05) is 12.1 Å². The second-order valence-electron chi connectivity index (χ2n) is 8.77. The van der Waals surface area contributed by atoms with Crippen molar-refractivity contribution in [2.75, 3.05) is 43.6 Å². The van der Waals surface area contributed by atoms with E-state index in [9.17, 15) is 5.11 Å². The van der Waals surface area contributed by atoms with Crippen LogP contribution in [0.5, 0.6) is 5.75 Å². The minimum absolute atomic E-state index is 0.135. The minimum Gasteiger partial charge on any atom is -0.488 e. The summed E-state index contributed by atoms with van der Waals surface area (Å²) < 4.78 is 16.9.